The summed E-state index contributed by atoms with van der Waals surface area (Å²) in [5.74, 6) is 0. The molecule has 0 radical (unpaired) electrons. The van der Waals surface area contributed by atoms with Crippen LogP contribution < -0.4 is 0 Å². The second kappa shape index (κ2) is 5.55. The minimum absolute atomic E-state index is 0.524. The second-order valence-corrected chi connectivity index (χ2v) is 12.0. The standard InChI is InChI=1S/C13H19BrN2OSi/c1-18(2,3)9-8-17-10-16-12-7-5-4-6-11(12)13(14)15-16/h4-7H,8-10H2,1-3H3. The van der Waals surface area contributed by atoms with Gasteiger partial charge in [-0.3, -0.25) is 0 Å². The van der Waals surface area contributed by atoms with Crippen molar-refractivity contribution in [3.8, 4) is 0 Å². The first-order valence-corrected chi connectivity index (χ1v) is 10.7. The summed E-state index contributed by atoms with van der Waals surface area (Å²) in [6.07, 6.45) is 0. The van der Waals surface area contributed by atoms with E-state index in [1.165, 1.54) is 6.04 Å². The first kappa shape index (κ1) is 13.8. The first-order chi connectivity index (χ1) is 8.47. The van der Waals surface area contributed by atoms with Gasteiger partial charge in [0.1, 0.15) is 11.3 Å². The molecule has 0 bridgehead atoms. The lowest BCUT2D eigenvalue weighted by atomic mass is 10.3. The number of hydrogen-bond donors (Lipinski definition) is 0. The van der Waals surface area contributed by atoms with Crippen molar-refractivity contribution >= 4 is 34.9 Å². The second-order valence-electron chi connectivity index (χ2n) is 5.66. The normalized spacial score (nSPS) is 12.2. The van der Waals surface area contributed by atoms with Gasteiger partial charge in [-0.25, -0.2) is 4.68 Å². The molecular formula is C13H19BrN2OSi. The average molecular weight is 327 g/mol. The summed E-state index contributed by atoms with van der Waals surface area (Å²) in [6, 6.07) is 9.35. The third-order valence-corrected chi connectivity index (χ3v) is 5.11. The van der Waals surface area contributed by atoms with Crippen LogP contribution in [-0.4, -0.2) is 24.5 Å². The van der Waals surface area contributed by atoms with Gasteiger partial charge in [-0.05, 0) is 28.0 Å². The number of ether oxygens (including phenoxy) is 1. The van der Waals surface area contributed by atoms with Crippen LogP contribution in [0.1, 0.15) is 0 Å². The minimum Gasteiger partial charge on any atom is -0.360 e. The van der Waals surface area contributed by atoms with E-state index in [1.807, 2.05) is 16.8 Å². The number of para-hydroxylation sites is 1. The molecule has 98 valence electrons. The molecule has 0 N–H and O–H groups in total. The Kier molecular flexibility index (Phi) is 4.24. The van der Waals surface area contributed by atoms with E-state index in [9.17, 15) is 0 Å². The fourth-order valence-corrected chi connectivity index (χ4v) is 3.00. The smallest absolute Gasteiger partial charge is 0.140 e. The number of benzene rings is 1. The van der Waals surface area contributed by atoms with Crippen LogP contribution in [0.4, 0.5) is 0 Å². The van der Waals surface area contributed by atoms with Crippen LogP contribution in [0.15, 0.2) is 28.9 Å². The van der Waals surface area contributed by atoms with Crippen LogP contribution in [0.5, 0.6) is 0 Å². The Balaban J connectivity index is 2.00. The molecule has 0 aliphatic rings. The maximum atomic E-state index is 5.73. The molecule has 0 atom stereocenters. The molecule has 2 rings (SSSR count). The largest absolute Gasteiger partial charge is 0.360 e. The summed E-state index contributed by atoms with van der Waals surface area (Å²) in [6.45, 7) is 8.42. The van der Waals surface area contributed by atoms with Crippen molar-refractivity contribution in [3.63, 3.8) is 0 Å². The highest BCUT2D eigenvalue weighted by Gasteiger charge is 2.12. The highest BCUT2D eigenvalue weighted by atomic mass is 79.9. The predicted molar refractivity (Wildman–Crippen MR) is 81.5 cm³/mol. The summed E-state index contributed by atoms with van der Waals surface area (Å²) in [4.78, 5) is 0. The number of rotatable bonds is 5. The molecular weight excluding hydrogens is 308 g/mol. The number of hydrogen-bond acceptors (Lipinski definition) is 2. The Morgan fingerprint density at radius 3 is 2.72 bits per heavy atom. The Morgan fingerprint density at radius 1 is 1.28 bits per heavy atom. The van der Waals surface area contributed by atoms with Gasteiger partial charge in [0.25, 0.3) is 0 Å². The third kappa shape index (κ3) is 3.43. The van der Waals surface area contributed by atoms with Gasteiger partial charge in [0.15, 0.2) is 0 Å². The molecule has 0 saturated carbocycles. The molecule has 0 aliphatic heterocycles. The molecule has 0 aliphatic carbocycles. The van der Waals surface area contributed by atoms with Gasteiger partial charge in [-0.1, -0.05) is 37.8 Å². The van der Waals surface area contributed by atoms with Gasteiger partial charge in [0.2, 0.25) is 0 Å². The SMILES string of the molecule is C[Si](C)(C)CCOCn1nc(Br)c2ccccc21. The van der Waals surface area contributed by atoms with Crippen molar-refractivity contribution in [2.75, 3.05) is 6.61 Å². The zero-order chi connectivity index (χ0) is 13.2. The molecule has 1 aromatic carbocycles. The summed E-state index contributed by atoms with van der Waals surface area (Å²) in [5.41, 5.74) is 1.11. The lowest BCUT2D eigenvalue weighted by Gasteiger charge is -2.15. The molecule has 5 heteroatoms. The average Bonchev–Trinajstić information content (AvgIpc) is 2.62. The van der Waals surface area contributed by atoms with Crippen LogP contribution in [0, 0.1) is 0 Å². The maximum absolute atomic E-state index is 5.73. The molecule has 0 unspecified atom stereocenters. The van der Waals surface area contributed by atoms with Crippen molar-refractivity contribution < 1.29 is 4.74 Å². The highest BCUT2D eigenvalue weighted by molar-refractivity contribution is 9.10. The van der Waals surface area contributed by atoms with E-state index in [1.54, 1.807) is 0 Å². The van der Waals surface area contributed by atoms with Gasteiger partial charge in [-0.15, -0.1) is 0 Å². The Bertz CT molecular complexity index is 533. The van der Waals surface area contributed by atoms with E-state index in [0.29, 0.717) is 6.73 Å². The van der Waals surface area contributed by atoms with Crippen LogP contribution in [-0.2, 0) is 11.5 Å². The molecule has 18 heavy (non-hydrogen) atoms. The van der Waals surface area contributed by atoms with Crippen LogP contribution in [0.25, 0.3) is 10.9 Å². The van der Waals surface area contributed by atoms with Crippen molar-refractivity contribution in [1.29, 1.82) is 0 Å². The summed E-state index contributed by atoms with van der Waals surface area (Å²) in [7, 11) is -1.01. The highest BCUT2D eigenvalue weighted by Crippen LogP contribution is 2.22. The lowest BCUT2D eigenvalue weighted by molar-refractivity contribution is 0.0815. The predicted octanol–water partition coefficient (Wildman–Crippen LogP) is 4.11. The molecule has 0 fully saturated rings. The zero-order valence-electron chi connectivity index (χ0n) is 11.1. The molecule has 0 spiro atoms. The van der Waals surface area contributed by atoms with E-state index >= 15 is 0 Å². The lowest BCUT2D eigenvalue weighted by Crippen LogP contribution is -2.22. The van der Waals surface area contributed by atoms with Crippen LogP contribution in [0.2, 0.25) is 25.7 Å². The number of aromatic nitrogens is 2. The van der Waals surface area contributed by atoms with Crippen molar-refractivity contribution in [2.45, 2.75) is 32.4 Å². The summed E-state index contributed by atoms with van der Waals surface area (Å²) in [5, 5.41) is 5.57. The Hall–Kier alpha value is -0.653. The molecule has 1 heterocycles. The van der Waals surface area contributed by atoms with Gasteiger partial charge in [-0.2, -0.15) is 5.10 Å². The Labute approximate surface area is 117 Å². The fourth-order valence-electron chi connectivity index (χ4n) is 1.71. The first-order valence-electron chi connectivity index (χ1n) is 6.16. The van der Waals surface area contributed by atoms with Crippen LogP contribution in [0.3, 0.4) is 0 Å². The topological polar surface area (TPSA) is 27.1 Å². The third-order valence-electron chi connectivity index (χ3n) is 2.82. The van der Waals surface area contributed by atoms with E-state index < -0.39 is 8.07 Å². The fraction of sp³-hybridized carbons (Fsp3) is 0.462. The van der Waals surface area contributed by atoms with E-state index in [4.69, 9.17) is 4.74 Å². The number of halogens is 1. The quantitative estimate of drug-likeness (QED) is 0.610. The van der Waals surface area contributed by atoms with Crippen molar-refractivity contribution in [2.24, 2.45) is 0 Å². The van der Waals surface area contributed by atoms with Crippen molar-refractivity contribution in [1.82, 2.24) is 9.78 Å². The Morgan fingerprint density at radius 2 is 2.00 bits per heavy atom. The van der Waals surface area contributed by atoms with Gasteiger partial charge < -0.3 is 4.74 Å². The molecule has 0 amide bonds. The molecule has 3 nitrogen and oxygen atoms in total. The zero-order valence-corrected chi connectivity index (χ0v) is 13.7. The summed E-state index contributed by atoms with van der Waals surface area (Å²) < 4.78 is 8.52. The van der Waals surface area contributed by atoms with Gasteiger partial charge in [0.05, 0.1) is 5.52 Å². The van der Waals surface area contributed by atoms with Gasteiger partial charge >= 0.3 is 0 Å². The molecule has 2 aromatic rings. The molecule has 1 aromatic heterocycles. The van der Waals surface area contributed by atoms with E-state index in [2.05, 4.69) is 52.8 Å². The minimum atomic E-state index is -1.01. The van der Waals surface area contributed by atoms with E-state index in [-0.39, 0.29) is 0 Å². The van der Waals surface area contributed by atoms with Crippen molar-refractivity contribution in [3.05, 3.63) is 28.9 Å². The number of nitrogens with zero attached hydrogens (tertiary/aromatic N) is 2. The van der Waals surface area contributed by atoms with Crippen LogP contribution >= 0.6 is 15.9 Å². The summed E-state index contributed by atoms with van der Waals surface area (Å²) >= 11 is 3.48. The number of fused-ring (bicyclic) bond motifs is 1. The molecule has 0 saturated heterocycles. The van der Waals surface area contributed by atoms with E-state index in [0.717, 1.165) is 22.1 Å². The maximum Gasteiger partial charge on any atom is 0.140 e. The van der Waals surface area contributed by atoms with Gasteiger partial charge in [0, 0.05) is 20.1 Å². The monoisotopic (exact) mass is 326 g/mol.